The molecule has 0 heterocycles. The molecule has 0 fully saturated rings. The van der Waals surface area contributed by atoms with Gasteiger partial charge in [-0.2, -0.15) is 0 Å². The summed E-state index contributed by atoms with van der Waals surface area (Å²) in [5, 5.41) is 14.7. The third-order valence-corrected chi connectivity index (χ3v) is 3.17. The van der Waals surface area contributed by atoms with Crippen LogP contribution in [0.15, 0.2) is 42.5 Å². The van der Waals surface area contributed by atoms with Crippen LogP contribution in [0, 0.1) is 5.82 Å². The van der Waals surface area contributed by atoms with Crippen molar-refractivity contribution in [2.45, 2.75) is 6.42 Å². The van der Waals surface area contributed by atoms with E-state index in [0.29, 0.717) is 28.4 Å². The normalized spacial score (nSPS) is 10.2. The lowest BCUT2D eigenvalue weighted by Gasteiger charge is -2.12. The molecule has 0 spiro atoms. The Morgan fingerprint density at radius 3 is 2.67 bits per heavy atom. The summed E-state index contributed by atoms with van der Waals surface area (Å²) in [6.07, 6.45) is 0.329. The Morgan fingerprint density at radius 1 is 1.19 bits per heavy atom. The van der Waals surface area contributed by atoms with E-state index in [2.05, 4.69) is 10.6 Å². The molecule has 2 aromatic rings. The van der Waals surface area contributed by atoms with E-state index in [0.717, 1.165) is 0 Å². The van der Waals surface area contributed by atoms with Crippen LogP contribution in [0.4, 0.5) is 20.6 Å². The number of aliphatic hydroxyl groups excluding tert-OH is 1. The van der Waals surface area contributed by atoms with E-state index in [1.54, 1.807) is 24.3 Å². The van der Waals surface area contributed by atoms with Crippen molar-refractivity contribution in [1.82, 2.24) is 0 Å². The summed E-state index contributed by atoms with van der Waals surface area (Å²) in [7, 11) is 0. The fourth-order valence-electron chi connectivity index (χ4n) is 1.89. The first-order valence-corrected chi connectivity index (χ1v) is 6.70. The van der Waals surface area contributed by atoms with Crippen LogP contribution in [-0.2, 0) is 6.42 Å². The van der Waals surface area contributed by atoms with Gasteiger partial charge in [-0.1, -0.05) is 23.7 Å². The van der Waals surface area contributed by atoms with Crippen molar-refractivity contribution < 1.29 is 14.3 Å². The lowest BCUT2D eigenvalue weighted by atomic mass is 10.1. The zero-order valence-electron chi connectivity index (χ0n) is 11.1. The summed E-state index contributed by atoms with van der Waals surface area (Å²) in [6.45, 7) is -0.0794. The molecule has 0 aromatic heterocycles. The molecule has 6 heteroatoms. The minimum Gasteiger partial charge on any atom is -0.396 e. The molecule has 0 bridgehead atoms. The van der Waals surface area contributed by atoms with Gasteiger partial charge >= 0.3 is 6.03 Å². The van der Waals surface area contributed by atoms with Crippen molar-refractivity contribution in [3.8, 4) is 0 Å². The molecule has 2 amide bonds. The van der Waals surface area contributed by atoms with Gasteiger partial charge in [0.25, 0.3) is 0 Å². The number of aliphatic hydroxyl groups is 1. The van der Waals surface area contributed by atoms with Crippen molar-refractivity contribution in [3.63, 3.8) is 0 Å². The van der Waals surface area contributed by atoms with Gasteiger partial charge in [-0.05, 0) is 42.3 Å². The number of carbonyl (C=O) groups excluding carboxylic acids is 1. The average molecular weight is 309 g/mol. The first-order valence-electron chi connectivity index (χ1n) is 6.32. The van der Waals surface area contributed by atoms with E-state index >= 15 is 0 Å². The van der Waals surface area contributed by atoms with E-state index in [9.17, 15) is 9.18 Å². The van der Waals surface area contributed by atoms with Gasteiger partial charge in [0.05, 0.1) is 0 Å². The van der Waals surface area contributed by atoms with Crippen molar-refractivity contribution in [2.24, 2.45) is 0 Å². The minimum absolute atomic E-state index is 0.0794. The van der Waals surface area contributed by atoms with Crippen molar-refractivity contribution in [1.29, 1.82) is 0 Å². The molecule has 0 unspecified atom stereocenters. The van der Waals surface area contributed by atoms with E-state index in [1.807, 2.05) is 0 Å². The fraction of sp³-hybridized carbons (Fsp3) is 0.133. The SMILES string of the molecule is O=C(Nc1cccc(F)c1)Nc1cccc(Cl)c1CCO. The van der Waals surface area contributed by atoms with Crippen molar-refractivity contribution in [3.05, 3.63) is 58.9 Å². The van der Waals surface area contributed by atoms with Crippen LogP contribution < -0.4 is 10.6 Å². The summed E-state index contributed by atoms with van der Waals surface area (Å²) in [5.41, 5.74) is 1.50. The predicted octanol–water partition coefficient (Wildman–Crippen LogP) is 3.66. The van der Waals surface area contributed by atoms with Gasteiger partial charge < -0.3 is 15.7 Å². The zero-order valence-corrected chi connectivity index (χ0v) is 11.8. The van der Waals surface area contributed by atoms with Gasteiger partial charge in [0.2, 0.25) is 0 Å². The topological polar surface area (TPSA) is 61.4 Å². The molecule has 0 aliphatic heterocycles. The maximum absolute atomic E-state index is 13.0. The Kier molecular flexibility index (Phi) is 5.14. The number of anilines is 2. The molecule has 2 rings (SSSR count). The number of carbonyl (C=O) groups is 1. The van der Waals surface area contributed by atoms with Crippen LogP contribution in [0.3, 0.4) is 0 Å². The number of nitrogens with one attached hydrogen (secondary N) is 2. The molecule has 0 saturated heterocycles. The number of rotatable bonds is 4. The number of hydrogen-bond donors (Lipinski definition) is 3. The van der Waals surface area contributed by atoms with E-state index in [4.69, 9.17) is 16.7 Å². The van der Waals surface area contributed by atoms with Gasteiger partial charge in [0.1, 0.15) is 5.82 Å². The van der Waals surface area contributed by atoms with Crippen LogP contribution in [0.5, 0.6) is 0 Å². The molecule has 0 saturated carbocycles. The molecule has 0 atom stereocenters. The number of halogens is 2. The Balaban J connectivity index is 2.11. The molecular formula is C15H14ClFN2O2. The molecule has 0 radical (unpaired) electrons. The van der Waals surface area contributed by atoms with E-state index < -0.39 is 11.8 Å². The van der Waals surface area contributed by atoms with Crippen molar-refractivity contribution >= 4 is 29.0 Å². The summed E-state index contributed by atoms with van der Waals surface area (Å²) in [4.78, 5) is 11.9. The Hall–Kier alpha value is -2.11. The first-order chi connectivity index (χ1) is 10.1. The van der Waals surface area contributed by atoms with Crippen molar-refractivity contribution in [2.75, 3.05) is 17.2 Å². The third-order valence-electron chi connectivity index (χ3n) is 2.81. The summed E-state index contributed by atoms with van der Waals surface area (Å²) < 4.78 is 13.0. The average Bonchev–Trinajstić information content (AvgIpc) is 2.42. The highest BCUT2D eigenvalue weighted by Gasteiger charge is 2.10. The maximum Gasteiger partial charge on any atom is 0.323 e. The number of amides is 2. The van der Waals surface area contributed by atoms with Crippen LogP contribution in [-0.4, -0.2) is 17.7 Å². The summed E-state index contributed by atoms with van der Waals surface area (Å²) in [5.74, 6) is -0.434. The largest absolute Gasteiger partial charge is 0.396 e. The minimum atomic E-state index is -0.512. The van der Waals surface area contributed by atoms with Crippen LogP contribution >= 0.6 is 11.6 Å². The third kappa shape index (κ3) is 4.18. The number of benzene rings is 2. The van der Waals surface area contributed by atoms with E-state index in [1.165, 1.54) is 18.2 Å². The van der Waals surface area contributed by atoms with E-state index in [-0.39, 0.29) is 6.61 Å². The van der Waals surface area contributed by atoms with Crippen LogP contribution in [0.2, 0.25) is 5.02 Å². The Bertz CT molecular complexity index is 649. The zero-order chi connectivity index (χ0) is 15.2. The van der Waals surface area contributed by atoms with Crippen LogP contribution in [0.1, 0.15) is 5.56 Å². The molecule has 21 heavy (non-hydrogen) atoms. The Labute approximate surface area is 126 Å². The molecule has 2 aromatic carbocycles. The molecule has 4 nitrogen and oxygen atoms in total. The second kappa shape index (κ2) is 7.06. The highest BCUT2D eigenvalue weighted by molar-refractivity contribution is 6.31. The second-order valence-corrected chi connectivity index (χ2v) is 4.74. The van der Waals surface area contributed by atoms with Gasteiger partial charge in [0, 0.05) is 23.0 Å². The smallest absolute Gasteiger partial charge is 0.323 e. The summed E-state index contributed by atoms with van der Waals surface area (Å²) in [6, 6.07) is 10.1. The van der Waals surface area contributed by atoms with Gasteiger partial charge in [-0.3, -0.25) is 0 Å². The van der Waals surface area contributed by atoms with Crippen LogP contribution in [0.25, 0.3) is 0 Å². The predicted molar refractivity (Wildman–Crippen MR) is 81.3 cm³/mol. The lowest BCUT2D eigenvalue weighted by molar-refractivity contribution is 0.262. The molecule has 3 N–H and O–H groups in total. The number of urea groups is 1. The highest BCUT2D eigenvalue weighted by atomic mass is 35.5. The molecular weight excluding hydrogens is 295 g/mol. The molecule has 0 aliphatic rings. The van der Waals surface area contributed by atoms with Gasteiger partial charge in [-0.25, -0.2) is 9.18 Å². The highest BCUT2D eigenvalue weighted by Crippen LogP contribution is 2.25. The monoisotopic (exact) mass is 308 g/mol. The maximum atomic E-state index is 13.0. The number of hydrogen-bond acceptors (Lipinski definition) is 2. The lowest BCUT2D eigenvalue weighted by Crippen LogP contribution is -2.20. The van der Waals surface area contributed by atoms with Gasteiger partial charge in [0.15, 0.2) is 0 Å². The first kappa shape index (κ1) is 15.3. The quantitative estimate of drug-likeness (QED) is 0.807. The fourth-order valence-corrected chi connectivity index (χ4v) is 2.16. The molecule has 110 valence electrons. The summed E-state index contributed by atoms with van der Waals surface area (Å²) >= 11 is 6.04. The standard InChI is InChI=1S/C15H14ClFN2O2/c16-13-5-2-6-14(12(13)7-8-20)19-15(21)18-11-4-1-3-10(17)9-11/h1-6,9,20H,7-8H2,(H2,18,19,21). The van der Waals surface area contributed by atoms with Gasteiger partial charge in [-0.15, -0.1) is 0 Å². The molecule has 0 aliphatic carbocycles. The second-order valence-electron chi connectivity index (χ2n) is 4.33. The Morgan fingerprint density at radius 2 is 1.95 bits per heavy atom.